The molecule has 2 saturated heterocycles. The summed E-state index contributed by atoms with van der Waals surface area (Å²) in [4.78, 5) is 31.3. The summed E-state index contributed by atoms with van der Waals surface area (Å²) < 4.78 is 0. The van der Waals surface area contributed by atoms with Gasteiger partial charge >= 0.3 is 0 Å². The van der Waals surface area contributed by atoms with E-state index in [1.165, 1.54) is 11.6 Å². The topological polar surface area (TPSA) is 84.5 Å². The molecule has 1 aliphatic carbocycles. The molecule has 1 N–H and O–H groups in total. The largest absolute Gasteiger partial charge is 0.353 e. The molecule has 2 atom stereocenters. The lowest BCUT2D eigenvalue weighted by Crippen LogP contribution is -2.58. The fraction of sp³-hybridized carbons (Fsp3) is 0.500. The first-order valence-corrected chi connectivity index (χ1v) is 13.8. The number of carbonyl (C=O) groups excluding carboxylic acids is 1. The molecule has 2 aromatic heterocycles. The highest BCUT2D eigenvalue weighted by Gasteiger charge is 2.37. The number of hydrogen-bond acceptors (Lipinski definition) is 7. The van der Waals surface area contributed by atoms with Crippen LogP contribution in [0.3, 0.4) is 0 Å². The van der Waals surface area contributed by atoms with Gasteiger partial charge in [-0.15, -0.1) is 0 Å². The summed E-state index contributed by atoms with van der Waals surface area (Å²) in [6.07, 6.45) is 4.98. The molecule has 2 aliphatic heterocycles. The van der Waals surface area contributed by atoms with Gasteiger partial charge in [0.05, 0.1) is 17.4 Å². The van der Waals surface area contributed by atoms with Crippen molar-refractivity contribution in [3.8, 4) is 0 Å². The summed E-state index contributed by atoms with van der Waals surface area (Å²) in [5, 5.41) is 9.25. The fourth-order valence-electron chi connectivity index (χ4n) is 6.15. The second-order valence-electron chi connectivity index (χ2n) is 11.1. The standard InChI is InChI=1S/C28H35ClN8O/c1-5-25(38)35-8-10-36(11-9-35)27-20-12-17(2)19(26-21-14-30-33-23(21)7-6-22(26)29)13-24(20)31-28(32-27)37-15-18(16-37)34(3)4/h5-7,14,17-19H,1,8-13,15-16H2,2-4H3,(H,30,33)/t17-,19?/m1/s1. The minimum atomic E-state index is -0.00729. The van der Waals surface area contributed by atoms with E-state index in [1.54, 1.807) is 0 Å². The van der Waals surface area contributed by atoms with Crippen molar-refractivity contribution in [2.24, 2.45) is 5.92 Å². The SMILES string of the molecule is C=CC(=O)N1CCN(c2nc(N3CC(N(C)C)C3)nc3c2C[C@@H](C)C(c2c(Cl)ccc4[nH]ncc24)C3)CC1. The molecule has 3 aliphatic rings. The second-order valence-corrected chi connectivity index (χ2v) is 11.5. The van der Waals surface area contributed by atoms with E-state index in [2.05, 4.69) is 52.5 Å². The van der Waals surface area contributed by atoms with Crippen LogP contribution in [0.25, 0.3) is 10.9 Å². The number of nitrogens with one attached hydrogen (secondary N) is 1. The third kappa shape index (κ3) is 4.31. The monoisotopic (exact) mass is 534 g/mol. The third-order valence-electron chi connectivity index (χ3n) is 8.61. The number of carbonyl (C=O) groups is 1. The van der Waals surface area contributed by atoms with E-state index in [9.17, 15) is 4.79 Å². The average Bonchev–Trinajstić information content (AvgIpc) is 3.36. The summed E-state index contributed by atoms with van der Waals surface area (Å²) >= 11 is 6.81. The summed E-state index contributed by atoms with van der Waals surface area (Å²) in [5.74, 6) is 2.43. The number of benzene rings is 1. The molecule has 1 aromatic carbocycles. The number of H-pyrrole nitrogens is 1. The first-order valence-electron chi connectivity index (χ1n) is 13.4. The van der Waals surface area contributed by atoms with Crippen LogP contribution in [0.2, 0.25) is 5.02 Å². The molecule has 0 saturated carbocycles. The Kier molecular flexibility index (Phi) is 6.52. The van der Waals surface area contributed by atoms with Crippen LogP contribution in [0.5, 0.6) is 0 Å². The van der Waals surface area contributed by atoms with Crippen LogP contribution in [0, 0.1) is 5.92 Å². The number of fused-ring (bicyclic) bond motifs is 2. The first-order chi connectivity index (χ1) is 18.3. The van der Waals surface area contributed by atoms with Crippen LogP contribution in [0.4, 0.5) is 11.8 Å². The Morgan fingerprint density at radius 1 is 1.13 bits per heavy atom. The molecule has 10 heteroatoms. The number of hydrogen-bond donors (Lipinski definition) is 1. The van der Waals surface area contributed by atoms with Crippen LogP contribution in [0.15, 0.2) is 31.0 Å². The molecule has 200 valence electrons. The highest BCUT2D eigenvalue weighted by atomic mass is 35.5. The van der Waals surface area contributed by atoms with Gasteiger partial charge in [0.25, 0.3) is 0 Å². The van der Waals surface area contributed by atoms with Gasteiger partial charge < -0.3 is 19.6 Å². The Morgan fingerprint density at radius 3 is 2.61 bits per heavy atom. The smallest absolute Gasteiger partial charge is 0.246 e. The normalized spacial score (nSPS) is 22.1. The van der Waals surface area contributed by atoms with Crippen molar-refractivity contribution in [3.05, 3.63) is 52.8 Å². The molecule has 6 rings (SSSR count). The molecule has 1 amide bonds. The van der Waals surface area contributed by atoms with Gasteiger partial charge in [-0.05, 0) is 62.5 Å². The van der Waals surface area contributed by atoms with E-state index >= 15 is 0 Å². The zero-order chi connectivity index (χ0) is 26.6. The van der Waals surface area contributed by atoms with Gasteiger partial charge in [-0.25, -0.2) is 4.98 Å². The molecule has 0 bridgehead atoms. The minimum Gasteiger partial charge on any atom is -0.353 e. The Hall–Kier alpha value is -3.17. The van der Waals surface area contributed by atoms with Crippen molar-refractivity contribution in [1.82, 2.24) is 30.0 Å². The van der Waals surface area contributed by atoms with E-state index in [0.29, 0.717) is 25.0 Å². The quantitative estimate of drug-likeness (QED) is 0.503. The Balaban J connectivity index is 1.36. The predicted molar refractivity (Wildman–Crippen MR) is 151 cm³/mol. The number of halogens is 1. The van der Waals surface area contributed by atoms with Crippen LogP contribution >= 0.6 is 11.6 Å². The molecular weight excluding hydrogens is 500 g/mol. The van der Waals surface area contributed by atoms with Gasteiger partial charge in [0.1, 0.15) is 5.82 Å². The Labute approximate surface area is 228 Å². The number of amides is 1. The lowest BCUT2D eigenvalue weighted by Gasteiger charge is -2.44. The molecule has 0 spiro atoms. The second kappa shape index (κ2) is 9.85. The van der Waals surface area contributed by atoms with Crippen molar-refractivity contribution in [1.29, 1.82) is 0 Å². The highest BCUT2D eigenvalue weighted by Crippen LogP contribution is 2.44. The summed E-state index contributed by atoms with van der Waals surface area (Å²) in [6, 6.07) is 4.48. The average molecular weight is 535 g/mol. The molecule has 3 aromatic rings. The Morgan fingerprint density at radius 2 is 1.89 bits per heavy atom. The Bertz CT molecular complexity index is 1370. The number of likely N-dealkylation sites (N-methyl/N-ethyl adjacent to an activating group) is 1. The van der Waals surface area contributed by atoms with E-state index in [1.807, 2.05) is 23.2 Å². The molecule has 1 unspecified atom stereocenters. The summed E-state index contributed by atoms with van der Waals surface area (Å²) in [5.41, 5.74) is 4.52. The number of aromatic nitrogens is 4. The van der Waals surface area contributed by atoms with Crippen LogP contribution in [-0.2, 0) is 17.6 Å². The molecule has 4 heterocycles. The van der Waals surface area contributed by atoms with E-state index in [4.69, 9.17) is 21.6 Å². The summed E-state index contributed by atoms with van der Waals surface area (Å²) in [6.45, 7) is 10.6. The van der Waals surface area contributed by atoms with Gasteiger partial charge in [0, 0.05) is 61.3 Å². The molecule has 0 radical (unpaired) electrons. The number of piperazine rings is 1. The zero-order valence-corrected chi connectivity index (χ0v) is 23.1. The van der Waals surface area contributed by atoms with Crippen LogP contribution < -0.4 is 9.80 Å². The number of anilines is 2. The predicted octanol–water partition coefficient (Wildman–Crippen LogP) is 3.11. The van der Waals surface area contributed by atoms with Gasteiger partial charge in [0.2, 0.25) is 11.9 Å². The lowest BCUT2D eigenvalue weighted by molar-refractivity contribution is -0.126. The minimum absolute atomic E-state index is 0.00729. The van der Waals surface area contributed by atoms with Gasteiger partial charge in [-0.1, -0.05) is 25.1 Å². The summed E-state index contributed by atoms with van der Waals surface area (Å²) in [7, 11) is 4.24. The van der Waals surface area contributed by atoms with E-state index in [-0.39, 0.29) is 11.8 Å². The van der Waals surface area contributed by atoms with Gasteiger partial charge in [-0.3, -0.25) is 9.89 Å². The van der Waals surface area contributed by atoms with E-state index in [0.717, 1.165) is 78.0 Å². The fourth-order valence-corrected chi connectivity index (χ4v) is 6.45. The van der Waals surface area contributed by atoms with Crippen molar-refractivity contribution >= 4 is 40.2 Å². The van der Waals surface area contributed by atoms with E-state index < -0.39 is 0 Å². The van der Waals surface area contributed by atoms with Crippen LogP contribution in [-0.4, -0.2) is 95.3 Å². The highest BCUT2D eigenvalue weighted by molar-refractivity contribution is 6.32. The maximum absolute atomic E-state index is 12.2. The van der Waals surface area contributed by atoms with Gasteiger partial charge in [-0.2, -0.15) is 10.1 Å². The van der Waals surface area contributed by atoms with Crippen molar-refractivity contribution in [2.75, 3.05) is 63.2 Å². The van der Waals surface area contributed by atoms with Crippen LogP contribution in [0.1, 0.15) is 29.7 Å². The lowest BCUT2D eigenvalue weighted by atomic mass is 9.74. The van der Waals surface area contributed by atoms with Crippen molar-refractivity contribution in [3.63, 3.8) is 0 Å². The molecule has 9 nitrogen and oxygen atoms in total. The molecule has 38 heavy (non-hydrogen) atoms. The maximum Gasteiger partial charge on any atom is 0.246 e. The third-order valence-corrected chi connectivity index (χ3v) is 8.94. The van der Waals surface area contributed by atoms with Crippen molar-refractivity contribution in [2.45, 2.75) is 31.7 Å². The molecular formula is C28H35ClN8O. The maximum atomic E-state index is 12.2. The van der Waals surface area contributed by atoms with Gasteiger partial charge in [0.15, 0.2) is 0 Å². The number of aromatic amines is 1. The van der Waals surface area contributed by atoms with Crippen molar-refractivity contribution < 1.29 is 4.79 Å². The number of nitrogens with zero attached hydrogens (tertiary/aromatic N) is 7. The number of rotatable bonds is 5. The first kappa shape index (κ1) is 25.1. The zero-order valence-electron chi connectivity index (χ0n) is 22.3. The molecule has 2 fully saturated rings.